The molecule has 0 bridgehead atoms. The van der Waals surface area contributed by atoms with Gasteiger partial charge in [0.05, 0.1) is 22.5 Å². The number of benzene rings is 4. The minimum atomic E-state index is -0.133. The number of hydrogen-bond donors (Lipinski definition) is 5. The number of nitrogens with zero attached hydrogens (tertiary/aromatic N) is 4. The summed E-state index contributed by atoms with van der Waals surface area (Å²) < 4.78 is 10.7. The molecule has 2 aromatic heterocycles. The SMILES string of the molecule is Cc1cc(COc2cc(O)ccc2-c2n[nH]c(=S)n2-c2c(C)cccc2C)cc(-n2c(-c3ccc(O)cc3O)n[nH]c2=S)c1. The van der Waals surface area contributed by atoms with Crippen LogP contribution in [0.2, 0.25) is 0 Å². The van der Waals surface area contributed by atoms with Gasteiger partial charge in [-0.05, 0) is 104 Å². The number of aromatic hydroxyl groups is 3. The zero-order chi connectivity index (χ0) is 31.1. The van der Waals surface area contributed by atoms with Crippen LogP contribution >= 0.6 is 24.4 Å². The lowest BCUT2D eigenvalue weighted by Crippen LogP contribution is -2.05. The molecule has 222 valence electrons. The lowest BCUT2D eigenvalue weighted by Gasteiger charge is -2.16. The number of H-pyrrole nitrogens is 2. The molecule has 0 aliphatic carbocycles. The summed E-state index contributed by atoms with van der Waals surface area (Å²) in [4.78, 5) is 0. The van der Waals surface area contributed by atoms with Crippen molar-refractivity contribution >= 4 is 24.4 Å². The summed E-state index contributed by atoms with van der Waals surface area (Å²) in [5.74, 6) is 1.21. The Kier molecular flexibility index (Phi) is 7.53. The Morgan fingerprint density at radius 3 is 2.02 bits per heavy atom. The fraction of sp³-hybridized carbons (Fsp3) is 0.125. The predicted octanol–water partition coefficient (Wildman–Crippen LogP) is 7.13. The van der Waals surface area contributed by atoms with E-state index >= 15 is 0 Å². The van der Waals surface area contributed by atoms with Gasteiger partial charge in [-0.15, -0.1) is 0 Å². The third kappa shape index (κ3) is 5.36. The van der Waals surface area contributed by atoms with Crippen molar-refractivity contribution in [2.75, 3.05) is 0 Å². The quantitative estimate of drug-likeness (QED) is 0.118. The van der Waals surface area contributed by atoms with Gasteiger partial charge in [0.1, 0.15) is 29.6 Å². The molecular weight excluding hydrogens is 597 g/mol. The monoisotopic (exact) mass is 624 g/mol. The van der Waals surface area contributed by atoms with E-state index in [0.717, 1.165) is 27.9 Å². The van der Waals surface area contributed by atoms with Gasteiger partial charge in [0, 0.05) is 12.1 Å². The van der Waals surface area contributed by atoms with Crippen LogP contribution in [0.15, 0.2) is 72.8 Å². The Morgan fingerprint density at radius 2 is 1.34 bits per heavy atom. The molecule has 0 spiro atoms. The van der Waals surface area contributed by atoms with Crippen LogP contribution in [0.4, 0.5) is 0 Å². The molecule has 10 nitrogen and oxygen atoms in total. The molecular formula is C32H28N6O4S2. The fourth-order valence-electron chi connectivity index (χ4n) is 5.30. The van der Waals surface area contributed by atoms with Gasteiger partial charge in [-0.3, -0.25) is 19.3 Å². The largest absolute Gasteiger partial charge is 0.508 e. The number of aryl methyl sites for hydroxylation is 3. The van der Waals surface area contributed by atoms with Gasteiger partial charge in [0.25, 0.3) is 0 Å². The van der Waals surface area contributed by atoms with Crippen molar-refractivity contribution in [3.05, 3.63) is 105 Å². The van der Waals surface area contributed by atoms with Gasteiger partial charge in [0.2, 0.25) is 0 Å². The molecule has 0 saturated heterocycles. The maximum absolute atomic E-state index is 10.5. The van der Waals surface area contributed by atoms with Crippen molar-refractivity contribution in [3.63, 3.8) is 0 Å². The zero-order valence-electron chi connectivity index (χ0n) is 24.0. The molecule has 0 radical (unpaired) electrons. The summed E-state index contributed by atoms with van der Waals surface area (Å²) >= 11 is 11.2. The number of ether oxygens (including phenoxy) is 1. The second-order valence-corrected chi connectivity index (χ2v) is 11.2. The molecule has 2 heterocycles. The Bertz CT molecular complexity index is 2140. The fourth-order valence-corrected chi connectivity index (χ4v) is 5.76. The molecule has 12 heteroatoms. The first-order valence-corrected chi connectivity index (χ1v) is 14.4. The standard InChI is InChI=1S/C32H28N6O4S2/c1-17-11-20(13-21(12-17)37-29(33-35-31(37)43)24-9-7-22(39)14-26(24)41)16-42-27-15-23(40)8-10-25(27)30-34-36-32(44)38(30)28-18(2)5-4-6-19(28)3/h4-15,39-41H,16H2,1-3H3,(H,35,43)(H,36,44). The van der Waals surface area contributed by atoms with Crippen LogP contribution < -0.4 is 4.74 Å². The van der Waals surface area contributed by atoms with Crippen molar-refractivity contribution in [3.8, 4) is 57.1 Å². The van der Waals surface area contributed by atoms with Crippen LogP contribution in [0.25, 0.3) is 34.2 Å². The van der Waals surface area contributed by atoms with Crippen molar-refractivity contribution in [1.82, 2.24) is 29.5 Å². The highest BCUT2D eigenvalue weighted by Gasteiger charge is 2.20. The zero-order valence-corrected chi connectivity index (χ0v) is 25.6. The molecule has 0 fully saturated rings. The first-order valence-electron chi connectivity index (χ1n) is 13.6. The van der Waals surface area contributed by atoms with E-state index < -0.39 is 0 Å². The third-order valence-electron chi connectivity index (χ3n) is 7.21. The van der Waals surface area contributed by atoms with E-state index in [2.05, 4.69) is 20.4 Å². The van der Waals surface area contributed by atoms with E-state index in [4.69, 9.17) is 29.2 Å². The van der Waals surface area contributed by atoms with Crippen molar-refractivity contribution in [2.24, 2.45) is 0 Å². The van der Waals surface area contributed by atoms with Crippen LogP contribution in [0.3, 0.4) is 0 Å². The normalized spacial score (nSPS) is 11.2. The lowest BCUT2D eigenvalue weighted by atomic mass is 10.1. The Balaban J connectivity index is 1.38. The minimum absolute atomic E-state index is 0.0458. The van der Waals surface area contributed by atoms with E-state index in [9.17, 15) is 15.3 Å². The van der Waals surface area contributed by atoms with Crippen LogP contribution in [-0.4, -0.2) is 44.8 Å². The number of aromatic amines is 2. The number of hydrogen-bond acceptors (Lipinski definition) is 8. The van der Waals surface area contributed by atoms with Gasteiger partial charge in [0.15, 0.2) is 21.2 Å². The van der Waals surface area contributed by atoms with Crippen LogP contribution in [0.1, 0.15) is 22.3 Å². The van der Waals surface area contributed by atoms with Gasteiger partial charge in [-0.25, -0.2) is 0 Å². The summed E-state index contributed by atoms with van der Waals surface area (Å²) in [6.45, 7) is 6.15. The summed E-state index contributed by atoms with van der Waals surface area (Å²) in [6.07, 6.45) is 0. The highest BCUT2D eigenvalue weighted by atomic mass is 32.1. The number of phenolic OH excluding ortho intramolecular Hbond substituents is 3. The molecule has 5 N–H and O–H groups in total. The molecule has 0 aliphatic rings. The topological polar surface area (TPSA) is 137 Å². The number of aromatic nitrogens is 6. The highest BCUT2D eigenvalue weighted by molar-refractivity contribution is 7.71. The maximum atomic E-state index is 10.5. The van der Waals surface area contributed by atoms with E-state index in [1.165, 1.54) is 12.1 Å². The Labute approximate surface area is 262 Å². The molecule has 0 atom stereocenters. The van der Waals surface area contributed by atoms with Crippen LogP contribution in [0.5, 0.6) is 23.0 Å². The van der Waals surface area contributed by atoms with Gasteiger partial charge in [-0.2, -0.15) is 10.2 Å². The van der Waals surface area contributed by atoms with E-state index in [-0.39, 0.29) is 23.9 Å². The molecule has 0 saturated carbocycles. The van der Waals surface area contributed by atoms with Crippen LogP contribution in [-0.2, 0) is 6.61 Å². The molecule has 0 unspecified atom stereocenters. The summed E-state index contributed by atoms with van der Waals surface area (Å²) in [7, 11) is 0. The maximum Gasteiger partial charge on any atom is 0.200 e. The third-order valence-corrected chi connectivity index (χ3v) is 7.76. The minimum Gasteiger partial charge on any atom is -0.508 e. The molecule has 44 heavy (non-hydrogen) atoms. The van der Waals surface area contributed by atoms with Gasteiger partial charge < -0.3 is 20.1 Å². The van der Waals surface area contributed by atoms with Crippen molar-refractivity contribution in [2.45, 2.75) is 27.4 Å². The Morgan fingerprint density at radius 1 is 0.727 bits per heavy atom. The number of rotatable bonds is 7. The molecule has 0 aliphatic heterocycles. The van der Waals surface area contributed by atoms with Crippen molar-refractivity contribution < 1.29 is 20.1 Å². The summed E-state index contributed by atoms with van der Waals surface area (Å²) in [6, 6.07) is 21.1. The first-order chi connectivity index (χ1) is 21.1. The second kappa shape index (κ2) is 11.5. The Hall–Kier alpha value is -5.20. The molecule has 6 rings (SSSR count). The smallest absolute Gasteiger partial charge is 0.200 e. The average Bonchev–Trinajstić information content (AvgIpc) is 3.54. The first kappa shape index (κ1) is 28.9. The molecule has 0 amide bonds. The lowest BCUT2D eigenvalue weighted by molar-refractivity contribution is 0.305. The molecule has 4 aromatic carbocycles. The highest BCUT2D eigenvalue weighted by Crippen LogP contribution is 2.36. The van der Waals surface area contributed by atoms with E-state index in [0.29, 0.717) is 43.8 Å². The average molecular weight is 625 g/mol. The summed E-state index contributed by atoms with van der Waals surface area (Å²) in [5, 5.41) is 45.2. The van der Waals surface area contributed by atoms with Crippen molar-refractivity contribution in [1.29, 1.82) is 0 Å². The number of nitrogens with one attached hydrogen (secondary N) is 2. The van der Waals surface area contributed by atoms with E-state index in [1.807, 2.05) is 61.7 Å². The molecule has 6 aromatic rings. The van der Waals surface area contributed by atoms with Gasteiger partial charge in [-0.1, -0.05) is 24.3 Å². The second-order valence-electron chi connectivity index (χ2n) is 10.5. The summed E-state index contributed by atoms with van der Waals surface area (Å²) in [5.41, 5.74) is 6.52. The van der Waals surface area contributed by atoms with Crippen LogP contribution in [0, 0.1) is 30.3 Å². The predicted molar refractivity (Wildman–Crippen MR) is 172 cm³/mol. The number of para-hydroxylation sites is 1. The number of phenols is 3. The van der Waals surface area contributed by atoms with Gasteiger partial charge >= 0.3 is 0 Å². The van der Waals surface area contributed by atoms with E-state index in [1.54, 1.807) is 28.8 Å².